The Balaban J connectivity index is 1.48. The normalized spacial score (nSPS) is 14.2. The number of benzene rings is 1. The topological polar surface area (TPSA) is 116 Å². The monoisotopic (exact) mass is 399 g/mol. The summed E-state index contributed by atoms with van der Waals surface area (Å²) in [6, 6.07) is 8.89. The Hall–Kier alpha value is -3.14. The number of hydrogen-bond acceptors (Lipinski definition) is 7. The lowest BCUT2D eigenvalue weighted by atomic mass is 10.3. The first kappa shape index (κ1) is 18.2. The number of anilines is 4. The summed E-state index contributed by atoms with van der Waals surface area (Å²) < 4.78 is 26.9. The van der Waals surface area contributed by atoms with Crippen LogP contribution in [0.5, 0.6) is 0 Å². The Bertz CT molecular complexity index is 1040. The van der Waals surface area contributed by atoms with Crippen molar-refractivity contribution in [2.24, 2.45) is 0 Å². The summed E-state index contributed by atoms with van der Waals surface area (Å²) in [6.45, 7) is 3.90. The third kappa shape index (κ3) is 4.06. The fraction of sp³-hybridized carbons (Fsp3) is 0.278. The van der Waals surface area contributed by atoms with E-state index in [9.17, 15) is 8.42 Å². The number of imidazole rings is 1. The summed E-state index contributed by atoms with van der Waals surface area (Å²) in [7, 11) is -3.68. The van der Waals surface area contributed by atoms with E-state index in [4.69, 9.17) is 0 Å². The zero-order valence-corrected chi connectivity index (χ0v) is 16.2. The predicted octanol–water partition coefficient (Wildman–Crippen LogP) is 2.65. The van der Waals surface area contributed by atoms with Gasteiger partial charge in [0, 0.05) is 30.5 Å². The first-order valence-electron chi connectivity index (χ1n) is 8.98. The summed E-state index contributed by atoms with van der Waals surface area (Å²) in [5.41, 5.74) is 1.26. The van der Waals surface area contributed by atoms with E-state index in [1.807, 2.05) is 13.0 Å². The smallest absolute Gasteiger partial charge is 0.278 e. The van der Waals surface area contributed by atoms with E-state index in [0.29, 0.717) is 17.3 Å². The molecule has 3 aromatic rings. The summed E-state index contributed by atoms with van der Waals surface area (Å²) in [5.74, 6) is 2.34. The van der Waals surface area contributed by atoms with E-state index >= 15 is 0 Å². The van der Waals surface area contributed by atoms with Crippen molar-refractivity contribution in [1.29, 1.82) is 0 Å². The number of sulfonamides is 1. The molecule has 0 saturated carbocycles. The van der Waals surface area contributed by atoms with Crippen LogP contribution in [0.4, 0.5) is 23.0 Å². The molecule has 0 bridgehead atoms. The highest BCUT2D eigenvalue weighted by atomic mass is 32.2. The molecule has 2 aromatic heterocycles. The molecule has 146 valence electrons. The highest BCUT2D eigenvalue weighted by Gasteiger charge is 2.16. The van der Waals surface area contributed by atoms with Crippen LogP contribution in [0, 0.1) is 6.92 Å². The van der Waals surface area contributed by atoms with Gasteiger partial charge in [0.2, 0.25) is 0 Å². The van der Waals surface area contributed by atoms with Crippen molar-refractivity contribution in [2.75, 3.05) is 28.0 Å². The van der Waals surface area contributed by atoms with Gasteiger partial charge in [0.25, 0.3) is 10.0 Å². The SMILES string of the molecule is Cc1nc(Nc2ccc(NS(=O)(=O)c3cnc[nH]3)cc2)cc(N2CCCC2)n1. The van der Waals surface area contributed by atoms with Crippen LogP contribution in [0.15, 0.2) is 47.9 Å². The molecular formula is C18H21N7O2S. The fourth-order valence-corrected chi connectivity index (χ4v) is 4.06. The maximum Gasteiger partial charge on any atom is 0.278 e. The molecule has 10 heteroatoms. The molecule has 1 aliphatic heterocycles. The molecule has 1 fully saturated rings. The number of hydrogen-bond donors (Lipinski definition) is 3. The van der Waals surface area contributed by atoms with Crippen LogP contribution in [0.3, 0.4) is 0 Å². The van der Waals surface area contributed by atoms with Crippen molar-refractivity contribution in [2.45, 2.75) is 24.8 Å². The molecule has 4 rings (SSSR count). The zero-order valence-electron chi connectivity index (χ0n) is 15.4. The quantitative estimate of drug-likeness (QED) is 0.583. The van der Waals surface area contributed by atoms with Gasteiger partial charge in [0.15, 0.2) is 5.03 Å². The molecule has 1 aliphatic rings. The molecule has 1 saturated heterocycles. The average molecular weight is 399 g/mol. The highest BCUT2D eigenvalue weighted by Crippen LogP contribution is 2.24. The third-order valence-electron chi connectivity index (χ3n) is 4.43. The Kier molecular flexibility index (Phi) is 4.86. The molecular weight excluding hydrogens is 378 g/mol. The maximum absolute atomic E-state index is 12.2. The third-order valence-corrected chi connectivity index (χ3v) is 5.73. The van der Waals surface area contributed by atoms with Crippen LogP contribution in [0.1, 0.15) is 18.7 Å². The summed E-state index contributed by atoms with van der Waals surface area (Å²) >= 11 is 0. The average Bonchev–Trinajstić information content (AvgIpc) is 3.37. The Morgan fingerprint density at radius 3 is 2.46 bits per heavy atom. The van der Waals surface area contributed by atoms with Crippen LogP contribution in [0.2, 0.25) is 0 Å². The summed E-state index contributed by atoms with van der Waals surface area (Å²) in [5, 5.41) is 3.27. The van der Waals surface area contributed by atoms with Crippen LogP contribution in [-0.2, 0) is 10.0 Å². The lowest BCUT2D eigenvalue weighted by Gasteiger charge is -2.18. The van der Waals surface area contributed by atoms with Gasteiger partial charge in [0.05, 0.1) is 12.5 Å². The lowest BCUT2D eigenvalue weighted by Crippen LogP contribution is -2.19. The number of H-pyrrole nitrogens is 1. The van der Waals surface area contributed by atoms with Gasteiger partial charge in [-0.1, -0.05) is 0 Å². The number of aromatic amines is 1. The molecule has 3 heterocycles. The van der Waals surface area contributed by atoms with Crippen molar-refractivity contribution in [3.63, 3.8) is 0 Å². The van der Waals surface area contributed by atoms with E-state index in [0.717, 1.165) is 24.6 Å². The number of rotatable bonds is 6. The minimum Gasteiger partial charge on any atom is -0.356 e. The second kappa shape index (κ2) is 7.47. The molecule has 0 amide bonds. The zero-order chi connectivity index (χ0) is 19.6. The van der Waals surface area contributed by atoms with Gasteiger partial charge in [0.1, 0.15) is 17.5 Å². The Morgan fingerprint density at radius 1 is 1.07 bits per heavy atom. The Labute approximate surface area is 163 Å². The van der Waals surface area contributed by atoms with Gasteiger partial charge in [-0.15, -0.1) is 0 Å². The second-order valence-corrected chi connectivity index (χ2v) is 8.23. The van der Waals surface area contributed by atoms with E-state index in [1.54, 1.807) is 24.3 Å². The van der Waals surface area contributed by atoms with Gasteiger partial charge in [-0.05, 0) is 44.0 Å². The molecule has 0 aliphatic carbocycles. The second-order valence-electron chi connectivity index (χ2n) is 6.58. The van der Waals surface area contributed by atoms with Gasteiger partial charge >= 0.3 is 0 Å². The van der Waals surface area contributed by atoms with Gasteiger partial charge in [-0.25, -0.2) is 15.0 Å². The van der Waals surface area contributed by atoms with E-state index in [-0.39, 0.29) is 5.03 Å². The first-order chi connectivity index (χ1) is 13.5. The minimum atomic E-state index is -3.68. The van der Waals surface area contributed by atoms with Crippen molar-refractivity contribution in [1.82, 2.24) is 19.9 Å². The standard InChI is InChI=1S/C18H21N7O2S/c1-13-21-16(10-17(22-13)25-8-2-3-9-25)23-14-4-6-15(7-5-14)24-28(26,27)18-11-19-12-20-18/h4-7,10-12,24H,2-3,8-9H2,1H3,(H,19,20)(H,21,22,23). The van der Waals surface area contributed by atoms with Crippen molar-refractivity contribution < 1.29 is 8.42 Å². The maximum atomic E-state index is 12.2. The molecule has 0 unspecified atom stereocenters. The van der Waals surface area contributed by atoms with E-state index in [1.165, 1.54) is 25.4 Å². The van der Waals surface area contributed by atoms with Gasteiger partial charge in [-0.3, -0.25) is 4.72 Å². The van der Waals surface area contributed by atoms with Crippen LogP contribution >= 0.6 is 0 Å². The molecule has 0 radical (unpaired) electrons. The van der Waals surface area contributed by atoms with Gasteiger partial charge in [-0.2, -0.15) is 8.42 Å². The van der Waals surface area contributed by atoms with Crippen LogP contribution in [0.25, 0.3) is 0 Å². The lowest BCUT2D eigenvalue weighted by molar-refractivity contribution is 0.598. The molecule has 28 heavy (non-hydrogen) atoms. The number of nitrogens with one attached hydrogen (secondary N) is 3. The number of aromatic nitrogens is 4. The molecule has 9 nitrogen and oxygen atoms in total. The molecule has 0 spiro atoms. The van der Waals surface area contributed by atoms with E-state index < -0.39 is 10.0 Å². The molecule has 3 N–H and O–H groups in total. The van der Waals surface area contributed by atoms with E-state index in [2.05, 4.69) is 34.9 Å². The fourth-order valence-electron chi connectivity index (χ4n) is 3.09. The van der Waals surface area contributed by atoms with Crippen molar-refractivity contribution >= 4 is 33.0 Å². The highest BCUT2D eigenvalue weighted by molar-refractivity contribution is 7.92. The molecule has 1 aromatic carbocycles. The first-order valence-corrected chi connectivity index (χ1v) is 10.5. The van der Waals surface area contributed by atoms with Gasteiger partial charge < -0.3 is 15.2 Å². The van der Waals surface area contributed by atoms with Crippen molar-refractivity contribution in [3.05, 3.63) is 48.7 Å². The molecule has 0 atom stereocenters. The predicted molar refractivity (Wildman–Crippen MR) is 107 cm³/mol. The van der Waals surface area contributed by atoms with Crippen LogP contribution in [-0.4, -0.2) is 41.4 Å². The summed E-state index contributed by atoms with van der Waals surface area (Å²) in [6.07, 6.45) is 4.94. The minimum absolute atomic E-state index is 0.0144. The van der Waals surface area contributed by atoms with Crippen LogP contribution < -0.4 is 14.9 Å². The van der Waals surface area contributed by atoms with Crippen molar-refractivity contribution in [3.8, 4) is 0 Å². The Morgan fingerprint density at radius 2 is 1.79 bits per heavy atom. The number of nitrogens with zero attached hydrogens (tertiary/aromatic N) is 4. The number of aryl methyl sites for hydroxylation is 1. The largest absolute Gasteiger partial charge is 0.356 e. The summed E-state index contributed by atoms with van der Waals surface area (Å²) in [4.78, 5) is 17.5.